The molecule has 2 aromatic rings. The SMILES string of the molecule is O=C(CCc1ccc2c(c1)OCO2)N1CCCC[C@H]1CCc1ccccn1. The van der Waals surface area contributed by atoms with Crippen molar-refractivity contribution in [3.8, 4) is 11.5 Å². The Morgan fingerprint density at radius 1 is 1.11 bits per heavy atom. The molecule has 2 aliphatic rings. The van der Waals surface area contributed by atoms with Crippen molar-refractivity contribution in [3.63, 3.8) is 0 Å². The van der Waals surface area contributed by atoms with Crippen molar-refractivity contribution in [1.82, 2.24) is 9.88 Å². The van der Waals surface area contributed by atoms with E-state index in [1.807, 2.05) is 36.5 Å². The first-order valence-corrected chi connectivity index (χ1v) is 9.87. The number of amides is 1. The van der Waals surface area contributed by atoms with Gasteiger partial charge in [-0.3, -0.25) is 9.78 Å². The van der Waals surface area contributed by atoms with Crippen molar-refractivity contribution < 1.29 is 14.3 Å². The van der Waals surface area contributed by atoms with E-state index in [0.29, 0.717) is 12.5 Å². The molecule has 1 aromatic heterocycles. The third kappa shape index (κ3) is 4.41. The maximum Gasteiger partial charge on any atom is 0.231 e. The van der Waals surface area contributed by atoms with Gasteiger partial charge in [0.05, 0.1) is 0 Å². The zero-order valence-corrected chi connectivity index (χ0v) is 15.6. The number of likely N-dealkylation sites (tertiary alicyclic amines) is 1. The summed E-state index contributed by atoms with van der Waals surface area (Å²) in [5.74, 6) is 1.83. The van der Waals surface area contributed by atoms with Crippen molar-refractivity contribution in [2.24, 2.45) is 0 Å². The second-order valence-electron chi connectivity index (χ2n) is 7.28. The zero-order chi connectivity index (χ0) is 18.5. The lowest BCUT2D eigenvalue weighted by Crippen LogP contribution is -2.44. The molecule has 0 radical (unpaired) electrons. The van der Waals surface area contributed by atoms with Gasteiger partial charge in [-0.15, -0.1) is 0 Å². The van der Waals surface area contributed by atoms with E-state index < -0.39 is 0 Å². The fourth-order valence-corrected chi connectivity index (χ4v) is 3.98. The van der Waals surface area contributed by atoms with Crippen LogP contribution in [0.3, 0.4) is 0 Å². The average molecular weight is 366 g/mol. The van der Waals surface area contributed by atoms with Gasteiger partial charge in [-0.05, 0) is 68.4 Å². The van der Waals surface area contributed by atoms with E-state index in [2.05, 4.69) is 16.0 Å². The lowest BCUT2D eigenvalue weighted by molar-refractivity contribution is -0.135. The molecule has 2 aliphatic heterocycles. The summed E-state index contributed by atoms with van der Waals surface area (Å²) in [6.07, 6.45) is 8.45. The van der Waals surface area contributed by atoms with Crippen LogP contribution in [0.1, 0.15) is 43.4 Å². The predicted molar refractivity (Wildman–Crippen MR) is 103 cm³/mol. The topological polar surface area (TPSA) is 51.7 Å². The van der Waals surface area contributed by atoms with Crippen molar-refractivity contribution >= 4 is 5.91 Å². The Bertz CT molecular complexity index is 778. The summed E-state index contributed by atoms with van der Waals surface area (Å²) in [5.41, 5.74) is 2.23. The van der Waals surface area contributed by atoms with E-state index in [0.717, 1.165) is 61.4 Å². The van der Waals surface area contributed by atoms with Crippen LogP contribution in [0.4, 0.5) is 0 Å². The number of ether oxygens (including phenoxy) is 2. The monoisotopic (exact) mass is 366 g/mol. The number of pyridine rings is 1. The van der Waals surface area contributed by atoms with Crippen molar-refractivity contribution in [3.05, 3.63) is 53.9 Å². The van der Waals surface area contributed by atoms with Gasteiger partial charge < -0.3 is 14.4 Å². The van der Waals surface area contributed by atoms with Crippen LogP contribution in [0.5, 0.6) is 11.5 Å². The first-order chi connectivity index (χ1) is 13.3. The standard InChI is InChI=1S/C22H26N2O3/c25-22(12-8-17-7-11-20-21(15-17)27-16-26-20)24-14-4-2-6-19(24)10-9-18-5-1-3-13-23-18/h1,3,5,7,11,13,15,19H,2,4,6,8-10,12,14,16H2/t19-/m0/s1. The molecule has 0 N–H and O–H groups in total. The third-order valence-electron chi connectivity index (χ3n) is 5.47. The number of benzene rings is 1. The summed E-state index contributed by atoms with van der Waals surface area (Å²) >= 11 is 0. The number of fused-ring (bicyclic) bond motifs is 1. The molecule has 4 rings (SSSR count). The Kier molecular flexibility index (Phi) is 5.56. The largest absolute Gasteiger partial charge is 0.454 e. The summed E-state index contributed by atoms with van der Waals surface area (Å²) in [7, 11) is 0. The number of aromatic nitrogens is 1. The fraction of sp³-hybridized carbons (Fsp3) is 0.455. The molecular weight excluding hydrogens is 340 g/mol. The van der Waals surface area contributed by atoms with Gasteiger partial charge >= 0.3 is 0 Å². The van der Waals surface area contributed by atoms with E-state index in [-0.39, 0.29) is 12.7 Å². The smallest absolute Gasteiger partial charge is 0.231 e. The number of carbonyl (C=O) groups excluding carboxylic acids is 1. The van der Waals surface area contributed by atoms with Crippen LogP contribution >= 0.6 is 0 Å². The second-order valence-corrected chi connectivity index (χ2v) is 7.28. The molecule has 0 bridgehead atoms. The van der Waals surface area contributed by atoms with Crippen LogP contribution in [0, 0.1) is 0 Å². The summed E-state index contributed by atoms with van der Waals surface area (Å²) < 4.78 is 10.8. The minimum atomic E-state index is 0.262. The molecule has 0 unspecified atom stereocenters. The summed E-state index contributed by atoms with van der Waals surface area (Å²) in [6, 6.07) is 12.3. The minimum Gasteiger partial charge on any atom is -0.454 e. The molecule has 3 heterocycles. The van der Waals surface area contributed by atoms with Crippen LogP contribution in [0.2, 0.25) is 0 Å². The number of hydrogen-bond donors (Lipinski definition) is 0. The summed E-state index contributed by atoms with van der Waals surface area (Å²) in [4.78, 5) is 19.4. The quantitative estimate of drug-likeness (QED) is 0.781. The van der Waals surface area contributed by atoms with E-state index in [1.54, 1.807) is 0 Å². The van der Waals surface area contributed by atoms with Crippen LogP contribution in [-0.4, -0.2) is 35.2 Å². The summed E-state index contributed by atoms with van der Waals surface area (Å²) in [5, 5.41) is 0. The van der Waals surface area contributed by atoms with E-state index in [9.17, 15) is 4.79 Å². The van der Waals surface area contributed by atoms with Crippen molar-refractivity contribution in [2.75, 3.05) is 13.3 Å². The Morgan fingerprint density at radius 3 is 2.93 bits per heavy atom. The molecule has 1 amide bonds. The number of nitrogens with zero attached hydrogens (tertiary/aromatic N) is 2. The molecule has 5 heteroatoms. The average Bonchev–Trinajstić information content (AvgIpc) is 3.19. The molecule has 0 spiro atoms. The maximum absolute atomic E-state index is 12.9. The Hall–Kier alpha value is -2.56. The minimum absolute atomic E-state index is 0.262. The van der Waals surface area contributed by atoms with Crippen molar-refractivity contribution in [1.29, 1.82) is 0 Å². The van der Waals surface area contributed by atoms with Crippen LogP contribution in [0.15, 0.2) is 42.6 Å². The molecule has 142 valence electrons. The molecule has 1 atom stereocenters. The lowest BCUT2D eigenvalue weighted by atomic mass is 9.96. The molecule has 0 saturated carbocycles. The Balaban J connectivity index is 1.33. The molecule has 1 saturated heterocycles. The van der Waals surface area contributed by atoms with Crippen LogP contribution < -0.4 is 9.47 Å². The molecule has 27 heavy (non-hydrogen) atoms. The highest BCUT2D eigenvalue weighted by molar-refractivity contribution is 5.77. The number of aryl methyl sites for hydroxylation is 2. The van der Waals surface area contributed by atoms with E-state index in [4.69, 9.17) is 9.47 Å². The Labute approximate surface area is 160 Å². The predicted octanol–water partition coefficient (Wildman–Crippen LogP) is 3.76. The number of hydrogen-bond acceptors (Lipinski definition) is 4. The molecule has 1 aromatic carbocycles. The Morgan fingerprint density at radius 2 is 2.04 bits per heavy atom. The first-order valence-electron chi connectivity index (χ1n) is 9.87. The highest BCUT2D eigenvalue weighted by Gasteiger charge is 2.26. The number of rotatable bonds is 6. The number of carbonyl (C=O) groups is 1. The van der Waals surface area contributed by atoms with Crippen LogP contribution in [-0.2, 0) is 17.6 Å². The molecule has 0 aliphatic carbocycles. The zero-order valence-electron chi connectivity index (χ0n) is 15.6. The van der Waals surface area contributed by atoms with Gasteiger partial charge in [0.25, 0.3) is 0 Å². The normalized spacial score (nSPS) is 18.5. The first kappa shape index (κ1) is 17.8. The van der Waals surface area contributed by atoms with E-state index in [1.165, 1.54) is 6.42 Å². The number of piperidine rings is 1. The van der Waals surface area contributed by atoms with Gasteiger partial charge in [0.1, 0.15) is 0 Å². The lowest BCUT2D eigenvalue weighted by Gasteiger charge is -2.36. The van der Waals surface area contributed by atoms with Crippen molar-refractivity contribution in [2.45, 2.75) is 51.0 Å². The highest BCUT2D eigenvalue weighted by atomic mass is 16.7. The van der Waals surface area contributed by atoms with Gasteiger partial charge in [-0.2, -0.15) is 0 Å². The third-order valence-corrected chi connectivity index (χ3v) is 5.47. The van der Waals surface area contributed by atoms with E-state index >= 15 is 0 Å². The second kappa shape index (κ2) is 8.42. The van der Waals surface area contributed by atoms with Crippen LogP contribution in [0.25, 0.3) is 0 Å². The molecule has 1 fully saturated rings. The highest BCUT2D eigenvalue weighted by Crippen LogP contribution is 2.33. The van der Waals surface area contributed by atoms with Gasteiger partial charge in [0, 0.05) is 30.9 Å². The van der Waals surface area contributed by atoms with Gasteiger partial charge in [-0.1, -0.05) is 12.1 Å². The van der Waals surface area contributed by atoms with Gasteiger partial charge in [0.2, 0.25) is 12.7 Å². The van der Waals surface area contributed by atoms with Gasteiger partial charge in [-0.25, -0.2) is 0 Å². The summed E-state index contributed by atoms with van der Waals surface area (Å²) in [6.45, 7) is 1.16. The molecule has 5 nitrogen and oxygen atoms in total. The fourth-order valence-electron chi connectivity index (χ4n) is 3.98. The molecular formula is C22H26N2O3. The maximum atomic E-state index is 12.9. The van der Waals surface area contributed by atoms with Gasteiger partial charge in [0.15, 0.2) is 11.5 Å².